The minimum Gasteiger partial charge on any atom is -0.493 e. The summed E-state index contributed by atoms with van der Waals surface area (Å²) in [6.45, 7) is 5.58. The molecule has 0 aromatic heterocycles. The average molecular weight is 537 g/mol. The predicted molar refractivity (Wildman–Crippen MR) is 152 cm³/mol. The van der Waals surface area contributed by atoms with Gasteiger partial charge in [-0.2, -0.15) is 0 Å². The highest BCUT2D eigenvalue weighted by Gasteiger charge is 2.71. The van der Waals surface area contributed by atoms with Crippen LogP contribution in [0.25, 0.3) is 6.08 Å². The Labute approximate surface area is 233 Å². The smallest absolute Gasteiger partial charge is 0.238 e. The Kier molecular flexibility index (Phi) is 5.87. The van der Waals surface area contributed by atoms with Crippen molar-refractivity contribution < 1.29 is 23.9 Å². The maximum atomic E-state index is 14.8. The number of carbonyl (C=O) groups is 3. The van der Waals surface area contributed by atoms with Gasteiger partial charge in [0.15, 0.2) is 23.1 Å². The number of hydrogen-bond acceptors (Lipinski definition) is 6. The minimum absolute atomic E-state index is 0.102. The van der Waals surface area contributed by atoms with Gasteiger partial charge in [0.05, 0.1) is 32.2 Å². The molecule has 204 valence electrons. The Morgan fingerprint density at radius 1 is 0.925 bits per heavy atom. The van der Waals surface area contributed by atoms with Gasteiger partial charge in [0.25, 0.3) is 0 Å². The maximum Gasteiger partial charge on any atom is 0.238 e. The van der Waals surface area contributed by atoms with Gasteiger partial charge in [0.2, 0.25) is 5.91 Å². The van der Waals surface area contributed by atoms with Crippen molar-refractivity contribution in [3.63, 3.8) is 0 Å². The zero-order valence-electron chi connectivity index (χ0n) is 23.2. The van der Waals surface area contributed by atoms with Crippen LogP contribution in [0.15, 0.2) is 72.9 Å². The lowest BCUT2D eigenvalue weighted by Gasteiger charge is -2.38. The molecule has 0 bridgehead atoms. The van der Waals surface area contributed by atoms with Crippen LogP contribution in [-0.4, -0.2) is 42.6 Å². The highest BCUT2D eigenvalue weighted by atomic mass is 16.5. The summed E-state index contributed by atoms with van der Waals surface area (Å²) in [5.41, 5.74) is 1.48. The van der Waals surface area contributed by atoms with E-state index in [1.54, 1.807) is 18.2 Å². The van der Waals surface area contributed by atoms with Crippen molar-refractivity contribution in [2.75, 3.05) is 19.5 Å². The van der Waals surface area contributed by atoms with E-state index in [9.17, 15) is 14.4 Å². The molecule has 7 nitrogen and oxygen atoms in total. The number of benzene rings is 3. The number of ether oxygens (including phenoxy) is 2. The van der Waals surface area contributed by atoms with E-state index in [1.165, 1.54) is 14.2 Å². The molecule has 1 saturated heterocycles. The molecule has 7 heteroatoms. The first-order chi connectivity index (χ1) is 19.1. The van der Waals surface area contributed by atoms with Crippen LogP contribution in [0.3, 0.4) is 0 Å². The van der Waals surface area contributed by atoms with Crippen molar-refractivity contribution in [3.8, 4) is 11.5 Å². The molecule has 0 aliphatic carbocycles. The fourth-order valence-electron chi connectivity index (χ4n) is 6.78. The molecule has 4 atom stereocenters. The van der Waals surface area contributed by atoms with Crippen LogP contribution in [0.4, 0.5) is 5.69 Å². The second kappa shape index (κ2) is 9.08. The lowest BCUT2D eigenvalue weighted by molar-refractivity contribution is -0.131. The number of para-hydroxylation sites is 1. The Morgan fingerprint density at radius 3 is 2.35 bits per heavy atom. The van der Waals surface area contributed by atoms with Crippen molar-refractivity contribution >= 4 is 29.2 Å². The summed E-state index contributed by atoms with van der Waals surface area (Å²) in [6, 6.07) is 18.9. The Morgan fingerprint density at radius 2 is 1.62 bits per heavy atom. The number of nitrogens with zero attached hydrogens (tertiary/aromatic N) is 1. The average Bonchev–Trinajstić information content (AvgIpc) is 3.43. The van der Waals surface area contributed by atoms with E-state index >= 15 is 0 Å². The SMILES string of the molecule is COc1ccc(C(=O)[C@@H]2[C@@H](C(=O)C(C)(C)C)N3C=Cc4ccccc4[C@@H]3[C@]23C(=O)Nc2ccccc23)cc1OC. The fourth-order valence-corrected chi connectivity index (χ4v) is 6.78. The maximum absolute atomic E-state index is 14.8. The first-order valence-corrected chi connectivity index (χ1v) is 13.4. The number of carbonyl (C=O) groups excluding carboxylic acids is 3. The minimum atomic E-state index is -1.35. The van der Waals surface area contributed by atoms with Gasteiger partial charge in [-0.15, -0.1) is 0 Å². The quantitative estimate of drug-likeness (QED) is 0.439. The van der Waals surface area contributed by atoms with Crippen molar-refractivity contribution in [3.05, 3.63) is 95.2 Å². The van der Waals surface area contributed by atoms with Crippen molar-refractivity contribution in [2.45, 2.75) is 38.3 Å². The number of ketones is 2. The van der Waals surface area contributed by atoms with Gasteiger partial charge >= 0.3 is 0 Å². The standard InChI is InChI=1S/C33H32N2O5/c1-32(2,3)30(37)27-26(28(36)20-14-15-24(39-4)25(18-20)40-5)33(22-12-8-9-13-23(22)34-31(33)38)29-21-11-7-6-10-19(21)16-17-35(27)29/h6-18,26-27,29H,1-5H3,(H,34,38)/t26-,27-,29+,33+/m0/s1. The molecule has 40 heavy (non-hydrogen) atoms. The van der Waals surface area contributed by atoms with Crippen molar-refractivity contribution in [2.24, 2.45) is 11.3 Å². The van der Waals surface area contributed by atoms with E-state index in [1.807, 2.05) is 86.5 Å². The van der Waals surface area contributed by atoms with Crippen LogP contribution in [0.5, 0.6) is 11.5 Å². The van der Waals surface area contributed by atoms with E-state index in [2.05, 4.69) is 5.32 Å². The first kappa shape index (κ1) is 25.9. The topological polar surface area (TPSA) is 84.9 Å². The highest BCUT2D eigenvalue weighted by molar-refractivity contribution is 6.15. The van der Waals surface area contributed by atoms with Gasteiger partial charge in [-0.25, -0.2) is 0 Å². The van der Waals surface area contributed by atoms with Crippen LogP contribution in [0.2, 0.25) is 0 Å². The van der Waals surface area contributed by atoms with Gasteiger partial charge in [0, 0.05) is 22.9 Å². The summed E-state index contributed by atoms with van der Waals surface area (Å²) in [5, 5.41) is 3.07. The lowest BCUT2D eigenvalue weighted by Crippen LogP contribution is -2.50. The van der Waals surface area contributed by atoms with Crippen molar-refractivity contribution in [1.29, 1.82) is 0 Å². The Hall–Kier alpha value is -4.39. The summed E-state index contributed by atoms with van der Waals surface area (Å²) in [5.74, 6) is -0.803. The molecule has 1 amide bonds. The lowest BCUT2D eigenvalue weighted by atomic mass is 9.62. The molecule has 1 fully saturated rings. The van der Waals surface area contributed by atoms with Crippen LogP contribution < -0.4 is 14.8 Å². The summed E-state index contributed by atoms with van der Waals surface area (Å²) >= 11 is 0. The largest absolute Gasteiger partial charge is 0.493 e. The van der Waals surface area contributed by atoms with Crippen LogP contribution in [0.1, 0.15) is 53.9 Å². The third-order valence-corrected chi connectivity index (χ3v) is 8.53. The summed E-state index contributed by atoms with van der Waals surface area (Å²) < 4.78 is 10.9. The van der Waals surface area contributed by atoms with Crippen LogP contribution in [-0.2, 0) is 15.0 Å². The number of methoxy groups -OCH3 is 2. The second-order valence-corrected chi connectivity index (χ2v) is 11.6. The van der Waals surface area contributed by atoms with Crippen molar-refractivity contribution in [1.82, 2.24) is 4.90 Å². The third kappa shape index (κ3) is 3.46. The van der Waals surface area contributed by atoms with E-state index in [0.717, 1.165) is 16.7 Å². The van der Waals surface area contributed by atoms with Gasteiger partial charge in [-0.1, -0.05) is 63.2 Å². The first-order valence-electron chi connectivity index (χ1n) is 13.4. The number of hydrogen-bond donors (Lipinski definition) is 1. The molecule has 3 aromatic carbocycles. The Balaban J connectivity index is 1.67. The number of nitrogens with one attached hydrogen (secondary N) is 1. The molecular formula is C33H32N2O5. The van der Waals surface area contributed by atoms with Gasteiger partial charge in [-0.3, -0.25) is 14.4 Å². The molecule has 6 rings (SSSR count). The van der Waals surface area contributed by atoms with Gasteiger partial charge < -0.3 is 19.7 Å². The zero-order valence-corrected chi connectivity index (χ0v) is 23.2. The molecule has 3 aliphatic heterocycles. The molecular weight excluding hydrogens is 504 g/mol. The molecule has 0 unspecified atom stereocenters. The molecule has 1 spiro atoms. The third-order valence-electron chi connectivity index (χ3n) is 8.53. The molecule has 3 heterocycles. The van der Waals surface area contributed by atoms with E-state index in [-0.39, 0.29) is 17.5 Å². The number of Topliss-reactive ketones (excluding diaryl/α,β-unsaturated/α-hetero) is 2. The van der Waals surface area contributed by atoms with Gasteiger partial charge in [0.1, 0.15) is 5.41 Å². The molecule has 0 radical (unpaired) electrons. The monoisotopic (exact) mass is 536 g/mol. The van der Waals surface area contributed by atoms with Crippen LogP contribution in [0, 0.1) is 11.3 Å². The molecule has 0 saturated carbocycles. The fraction of sp³-hybridized carbons (Fsp3) is 0.303. The number of anilines is 1. The van der Waals surface area contributed by atoms with Gasteiger partial charge in [-0.05, 0) is 47.0 Å². The van der Waals surface area contributed by atoms with E-state index < -0.39 is 28.8 Å². The number of rotatable bonds is 5. The Bertz CT molecular complexity index is 1590. The summed E-state index contributed by atoms with van der Waals surface area (Å²) in [6.07, 6.45) is 3.85. The predicted octanol–water partition coefficient (Wildman–Crippen LogP) is 5.42. The van der Waals surface area contributed by atoms with E-state index in [4.69, 9.17) is 9.47 Å². The van der Waals surface area contributed by atoms with Crippen LogP contribution >= 0.6 is 0 Å². The normalized spacial score (nSPS) is 24.3. The molecule has 3 aromatic rings. The van der Waals surface area contributed by atoms with E-state index in [0.29, 0.717) is 22.7 Å². The second-order valence-electron chi connectivity index (χ2n) is 11.6. The summed E-state index contributed by atoms with van der Waals surface area (Å²) in [7, 11) is 3.04. The number of fused-ring (bicyclic) bond motifs is 6. The summed E-state index contributed by atoms with van der Waals surface area (Å²) in [4.78, 5) is 45.6. The molecule has 3 aliphatic rings. The highest BCUT2D eigenvalue weighted by Crippen LogP contribution is 2.62. The molecule has 1 N–H and O–H groups in total. The zero-order chi connectivity index (χ0) is 28.4. The number of amides is 1.